The van der Waals surface area contributed by atoms with Crippen molar-refractivity contribution in [2.24, 2.45) is 0 Å². The maximum Gasteiger partial charge on any atom is 0.223 e. The monoisotopic (exact) mass is 228 g/mol. The molecule has 0 bridgehead atoms. The molecule has 1 aromatic rings. The minimum atomic E-state index is 0.0764. The largest absolute Gasteiger partial charge is 0.368 e. The Morgan fingerprint density at radius 3 is 2.47 bits per heavy atom. The quantitative estimate of drug-likeness (QED) is 0.623. The first-order chi connectivity index (χ1) is 7.13. The van der Waals surface area contributed by atoms with E-state index in [-0.39, 0.29) is 16.7 Å². The van der Waals surface area contributed by atoms with Crippen molar-refractivity contribution >= 4 is 29.7 Å². The third-order valence-corrected chi connectivity index (χ3v) is 2.37. The summed E-state index contributed by atoms with van der Waals surface area (Å²) in [6.45, 7) is 5.38. The molecule has 2 N–H and O–H groups in total. The first-order valence-corrected chi connectivity index (χ1v) is 5.04. The van der Waals surface area contributed by atoms with Crippen molar-refractivity contribution in [2.75, 3.05) is 23.7 Å². The highest BCUT2D eigenvalue weighted by Crippen LogP contribution is 2.23. The van der Waals surface area contributed by atoms with Gasteiger partial charge in [-0.2, -0.15) is 4.98 Å². The zero-order valence-corrected chi connectivity index (χ0v) is 9.45. The molecule has 0 fully saturated rings. The van der Waals surface area contributed by atoms with Gasteiger partial charge in [-0.3, -0.25) is 4.79 Å². The Hall–Kier alpha value is -1.36. The number of aldehydes is 1. The van der Waals surface area contributed by atoms with Crippen LogP contribution >= 0.6 is 11.6 Å². The molecule has 0 amide bonds. The van der Waals surface area contributed by atoms with Gasteiger partial charge in [-0.15, -0.1) is 0 Å². The number of anilines is 2. The lowest BCUT2D eigenvalue weighted by Crippen LogP contribution is -2.25. The number of hydrogen-bond donors (Lipinski definition) is 1. The van der Waals surface area contributed by atoms with Crippen LogP contribution in [0, 0.1) is 0 Å². The number of carbonyl (C=O) groups is 1. The van der Waals surface area contributed by atoms with Gasteiger partial charge in [0.1, 0.15) is 11.0 Å². The minimum absolute atomic E-state index is 0.0764. The number of hydrogen-bond acceptors (Lipinski definition) is 5. The number of nitrogen functional groups attached to an aromatic ring is 1. The number of nitrogens with two attached hydrogens (primary N) is 1. The summed E-state index contributed by atoms with van der Waals surface area (Å²) < 4.78 is 0. The van der Waals surface area contributed by atoms with E-state index in [0.29, 0.717) is 12.1 Å². The number of halogens is 1. The second kappa shape index (κ2) is 4.93. The molecular formula is C9H13ClN4O. The molecule has 0 aliphatic carbocycles. The normalized spacial score (nSPS) is 10.1. The highest BCUT2D eigenvalue weighted by molar-refractivity contribution is 6.32. The molecule has 5 nitrogen and oxygen atoms in total. The summed E-state index contributed by atoms with van der Waals surface area (Å²) in [7, 11) is 0. The van der Waals surface area contributed by atoms with E-state index >= 15 is 0 Å². The molecule has 0 saturated heterocycles. The summed E-state index contributed by atoms with van der Waals surface area (Å²) in [5, 5.41) is 0.0967. The van der Waals surface area contributed by atoms with E-state index in [1.165, 1.54) is 0 Å². The van der Waals surface area contributed by atoms with Gasteiger partial charge in [-0.05, 0) is 13.8 Å². The lowest BCUT2D eigenvalue weighted by molar-refractivity contribution is 0.112. The third kappa shape index (κ3) is 2.36. The number of carbonyl (C=O) groups excluding carboxylic acids is 1. The average Bonchev–Trinajstić information content (AvgIpc) is 2.19. The molecule has 0 aromatic carbocycles. The van der Waals surface area contributed by atoms with Crippen LogP contribution in [0.5, 0.6) is 0 Å². The molecule has 6 heteroatoms. The van der Waals surface area contributed by atoms with E-state index in [0.717, 1.165) is 13.1 Å². The van der Waals surface area contributed by atoms with Crippen LogP contribution in [-0.4, -0.2) is 29.3 Å². The Balaban J connectivity index is 3.30. The molecule has 1 aromatic heterocycles. The third-order valence-electron chi connectivity index (χ3n) is 2.08. The van der Waals surface area contributed by atoms with Crippen molar-refractivity contribution in [3.05, 3.63) is 10.7 Å². The van der Waals surface area contributed by atoms with Crippen molar-refractivity contribution in [2.45, 2.75) is 13.8 Å². The Morgan fingerprint density at radius 2 is 2.00 bits per heavy atom. The van der Waals surface area contributed by atoms with Crippen LogP contribution in [0.15, 0.2) is 0 Å². The van der Waals surface area contributed by atoms with Gasteiger partial charge in [0.05, 0.1) is 5.56 Å². The summed E-state index contributed by atoms with van der Waals surface area (Å²) in [5.74, 6) is 0.569. The summed E-state index contributed by atoms with van der Waals surface area (Å²) in [6, 6.07) is 0. The van der Waals surface area contributed by atoms with Crippen LogP contribution in [0.25, 0.3) is 0 Å². The Kier molecular flexibility index (Phi) is 3.85. The van der Waals surface area contributed by atoms with Crippen LogP contribution in [0.2, 0.25) is 5.15 Å². The van der Waals surface area contributed by atoms with E-state index in [1.54, 1.807) is 0 Å². The van der Waals surface area contributed by atoms with Crippen LogP contribution in [0.3, 0.4) is 0 Å². The lowest BCUT2D eigenvalue weighted by atomic mass is 10.3. The van der Waals surface area contributed by atoms with E-state index in [9.17, 15) is 4.79 Å². The lowest BCUT2D eigenvalue weighted by Gasteiger charge is -2.21. The van der Waals surface area contributed by atoms with Gasteiger partial charge in [0.2, 0.25) is 5.95 Å². The second-order valence-electron chi connectivity index (χ2n) is 2.90. The molecule has 15 heavy (non-hydrogen) atoms. The SMILES string of the molecule is CCN(CC)c1nc(N)nc(Cl)c1C=O. The number of aromatic nitrogens is 2. The zero-order chi connectivity index (χ0) is 11.4. The zero-order valence-electron chi connectivity index (χ0n) is 8.70. The molecule has 0 saturated carbocycles. The molecule has 0 unspecified atom stereocenters. The van der Waals surface area contributed by atoms with Crippen molar-refractivity contribution in [1.82, 2.24) is 9.97 Å². The highest BCUT2D eigenvalue weighted by Gasteiger charge is 2.15. The van der Waals surface area contributed by atoms with Crippen LogP contribution < -0.4 is 10.6 Å². The van der Waals surface area contributed by atoms with Crippen LogP contribution in [0.1, 0.15) is 24.2 Å². The number of rotatable bonds is 4. The van der Waals surface area contributed by atoms with Crippen LogP contribution in [0.4, 0.5) is 11.8 Å². The maximum absolute atomic E-state index is 10.9. The molecule has 0 radical (unpaired) electrons. The van der Waals surface area contributed by atoms with E-state index in [2.05, 4.69) is 9.97 Å². The molecule has 0 aliphatic rings. The molecule has 0 spiro atoms. The summed E-state index contributed by atoms with van der Waals surface area (Å²) >= 11 is 5.80. The topological polar surface area (TPSA) is 72.1 Å². The first-order valence-electron chi connectivity index (χ1n) is 4.67. The second-order valence-corrected chi connectivity index (χ2v) is 3.26. The molecule has 82 valence electrons. The first kappa shape index (κ1) is 11.7. The van der Waals surface area contributed by atoms with E-state index in [1.807, 2.05) is 18.7 Å². The fraction of sp³-hybridized carbons (Fsp3) is 0.444. The van der Waals surface area contributed by atoms with Crippen molar-refractivity contribution in [3.8, 4) is 0 Å². The van der Waals surface area contributed by atoms with Crippen molar-refractivity contribution in [3.63, 3.8) is 0 Å². The van der Waals surface area contributed by atoms with Gasteiger partial charge in [0, 0.05) is 13.1 Å². The summed E-state index contributed by atoms with van der Waals surface area (Å²) in [4.78, 5) is 20.5. The number of nitrogens with zero attached hydrogens (tertiary/aromatic N) is 3. The van der Waals surface area contributed by atoms with E-state index < -0.39 is 0 Å². The Morgan fingerprint density at radius 1 is 1.40 bits per heavy atom. The highest BCUT2D eigenvalue weighted by atomic mass is 35.5. The molecule has 1 rings (SSSR count). The smallest absolute Gasteiger partial charge is 0.223 e. The predicted octanol–water partition coefficient (Wildman–Crippen LogP) is 1.37. The van der Waals surface area contributed by atoms with E-state index in [4.69, 9.17) is 17.3 Å². The predicted molar refractivity (Wildman–Crippen MR) is 60.4 cm³/mol. The van der Waals surface area contributed by atoms with Crippen molar-refractivity contribution in [1.29, 1.82) is 0 Å². The van der Waals surface area contributed by atoms with Gasteiger partial charge < -0.3 is 10.6 Å². The molecule has 0 aliphatic heterocycles. The van der Waals surface area contributed by atoms with Gasteiger partial charge in [-0.25, -0.2) is 4.98 Å². The maximum atomic E-state index is 10.9. The van der Waals surface area contributed by atoms with Crippen LogP contribution in [-0.2, 0) is 0 Å². The molecule has 0 atom stereocenters. The van der Waals surface area contributed by atoms with Gasteiger partial charge in [-0.1, -0.05) is 11.6 Å². The van der Waals surface area contributed by atoms with Gasteiger partial charge in [0.25, 0.3) is 0 Å². The Labute approximate surface area is 93.3 Å². The fourth-order valence-corrected chi connectivity index (χ4v) is 1.53. The van der Waals surface area contributed by atoms with Gasteiger partial charge >= 0.3 is 0 Å². The van der Waals surface area contributed by atoms with Gasteiger partial charge in [0.15, 0.2) is 6.29 Å². The average molecular weight is 229 g/mol. The molecular weight excluding hydrogens is 216 g/mol. The fourth-order valence-electron chi connectivity index (χ4n) is 1.31. The standard InChI is InChI=1S/C9H13ClN4O/c1-3-14(4-2)8-6(5-15)7(10)12-9(11)13-8/h5H,3-4H2,1-2H3,(H2,11,12,13). The molecule has 1 heterocycles. The summed E-state index contributed by atoms with van der Waals surface area (Å²) in [6.07, 6.45) is 0.648. The minimum Gasteiger partial charge on any atom is -0.368 e. The Bertz CT molecular complexity index is 365. The summed E-state index contributed by atoms with van der Waals surface area (Å²) in [5.41, 5.74) is 5.77. The van der Waals surface area contributed by atoms with Crippen molar-refractivity contribution < 1.29 is 4.79 Å².